The number of likely N-dealkylation sites (N-methyl/N-ethyl adjacent to an activating group) is 1. The molecular formula is C13H22N2O3. The number of rotatable bonds is 1. The van der Waals surface area contributed by atoms with Gasteiger partial charge in [-0.05, 0) is 26.2 Å². The molecule has 18 heavy (non-hydrogen) atoms. The fourth-order valence-electron chi connectivity index (χ4n) is 2.66. The third-order valence-corrected chi connectivity index (χ3v) is 3.91. The maximum absolute atomic E-state index is 12.4. The minimum atomic E-state index is -0.0741. The number of hydrogen-bond acceptors (Lipinski definition) is 3. The number of hydrogen-bond donors (Lipinski definition) is 0. The normalized spacial score (nSPS) is 30.2. The third kappa shape index (κ3) is 2.83. The Morgan fingerprint density at radius 2 is 2.11 bits per heavy atom. The number of carbonyl (C=O) groups excluding carboxylic acids is 2. The van der Waals surface area contributed by atoms with Crippen LogP contribution in [0, 0.1) is 5.92 Å². The second-order valence-corrected chi connectivity index (χ2v) is 5.25. The van der Waals surface area contributed by atoms with Gasteiger partial charge < -0.3 is 14.5 Å². The summed E-state index contributed by atoms with van der Waals surface area (Å²) in [5.74, 6) is 0.0473. The molecule has 2 heterocycles. The largest absolute Gasteiger partial charge is 0.378 e. The minimum absolute atomic E-state index is 0.0256. The summed E-state index contributed by atoms with van der Waals surface area (Å²) in [4.78, 5) is 27.7. The minimum Gasteiger partial charge on any atom is -0.378 e. The lowest BCUT2D eigenvalue weighted by molar-refractivity contribution is -0.147. The SMILES string of the molecule is CC1OCCCC1C(=O)N1CCCN(C)C(=O)C1. The highest BCUT2D eigenvalue weighted by molar-refractivity contribution is 5.86. The Hall–Kier alpha value is -1.10. The molecule has 0 saturated carbocycles. The Bertz CT molecular complexity index is 332. The molecule has 0 aliphatic carbocycles. The van der Waals surface area contributed by atoms with Crippen molar-refractivity contribution < 1.29 is 14.3 Å². The van der Waals surface area contributed by atoms with Crippen LogP contribution in [0.15, 0.2) is 0 Å². The highest BCUT2D eigenvalue weighted by Gasteiger charge is 2.33. The molecule has 0 radical (unpaired) electrons. The maximum atomic E-state index is 12.4. The van der Waals surface area contributed by atoms with Gasteiger partial charge in [-0.2, -0.15) is 0 Å². The van der Waals surface area contributed by atoms with Crippen molar-refractivity contribution in [3.63, 3.8) is 0 Å². The van der Waals surface area contributed by atoms with Gasteiger partial charge in [-0.3, -0.25) is 9.59 Å². The van der Waals surface area contributed by atoms with Gasteiger partial charge in [0.2, 0.25) is 11.8 Å². The second kappa shape index (κ2) is 5.69. The van der Waals surface area contributed by atoms with Crippen molar-refractivity contribution in [1.29, 1.82) is 0 Å². The van der Waals surface area contributed by atoms with Crippen LogP contribution in [0.4, 0.5) is 0 Å². The molecule has 2 aliphatic rings. The Morgan fingerprint density at radius 1 is 1.33 bits per heavy atom. The highest BCUT2D eigenvalue weighted by Crippen LogP contribution is 2.23. The Balaban J connectivity index is 2.01. The molecule has 2 rings (SSSR count). The molecule has 5 heteroatoms. The van der Waals surface area contributed by atoms with Gasteiger partial charge in [0.15, 0.2) is 0 Å². The van der Waals surface area contributed by atoms with Crippen molar-refractivity contribution in [2.45, 2.75) is 32.3 Å². The van der Waals surface area contributed by atoms with Crippen molar-refractivity contribution >= 4 is 11.8 Å². The highest BCUT2D eigenvalue weighted by atomic mass is 16.5. The van der Waals surface area contributed by atoms with E-state index in [1.807, 2.05) is 6.92 Å². The van der Waals surface area contributed by atoms with E-state index in [1.165, 1.54) is 0 Å². The molecule has 5 nitrogen and oxygen atoms in total. The quantitative estimate of drug-likeness (QED) is 0.684. The molecule has 2 aliphatic heterocycles. The molecule has 102 valence electrons. The Labute approximate surface area is 108 Å². The van der Waals surface area contributed by atoms with E-state index < -0.39 is 0 Å². The number of ether oxygens (including phenoxy) is 1. The molecule has 2 saturated heterocycles. The fourth-order valence-corrected chi connectivity index (χ4v) is 2.66. The van der Waals surface area contributed by atoms with Crippen LogP contribution in [-0.2, 0) is 14.3 Å². The number of carbonyl (C=O) groups is 2. The zero-order valence-electron chi connectivity index (χ0n) is 11.2. The van der Waals surface area contributed by atoms with Crippen LogP contribution in [-0.4, -0.2) is 61.0 Å². The summed E-state index contributed by atoms with van der Waals surface area (Å²) in [6.45, 7) is 4.33. The van der Waals surface area contributed by atoms with Crippen LogP contribution in [0.25, 0.3) is 0 Å². The first kappa shape index (κ1) is 13.3. The first-order valence-electron chi connectivity index (χ1n) is 6.74. The number of nitrogens with zero attached hydrogens (tertiary/aromatic N) is 2. The van der Waals surface area contributed by atoms with Crippen LogP contribution in [0.1, 0.15) is 26.2 Å². The molecule has 0 aromatic heterocycles. The summed E-state index contributed by atoms with van der Waals surface area (Å²) in [5, 5.41) is 0. The molecular weight excluding hydrogens is 232 g/mol. The monoisotopic (exact) mass is 254 g/mol. The lowest BCUT2D eigenvalue weighted by Crippen LogP contribution is -2.45. The molecule has 0 N–H and O–H groups in total. The zero-order valence-corrected chi connectivity index (χ0v) is 11.2. The average molecular weight is 254 g/mol. The van der Waals surface area contributed by atoms with Crippen LogP contribution in [0.2, 0.25) is 0 Å². The van der Waals surface area contributed by atoms with Gasteiger partial charge in [0, 0.05) is 26.7 Å². The van der Waals surface area contributed by atoms with E-state index in [2.05, 4.69) is 0 Å². The van der Waals surface area contributed by atoms with Gasteiger partial charge in [-0.25, -0.2) is 0 Å². The predicted octanol–water partition coefficient (Wildman–Crippen LogP) is 0.492. The van der Waals surface area contributed by atoms with Crippen molar-refractivity contribution in [1.82, 2.24) is 9.80 Å². The smallest absolute Gasteiger partial charge is 0.241 e. The molecule has 2 unspecified atom stereocenters. The molecule has 0 spiro atoms. The summed E-state index contributed by atoms with van der Waals surface area (Å²) < 4.78 is 5.54. The van der Waals surface area contributed by atoms with Crippen molar-refractivity contribution in [3.05, 3.63) is 0 Å². The molecule has 2 atom stereocenters. The van der Waals surface area contributed by atoms with E-state index in [0.29, 0.717) is 6.54 Å². The van der Waals surface area contributed by atoms with Gasteiger partial charge in [0.1, 0.15) is 0 Å². The van der Waals surface area contributed by atoms with E-state index >= 15 is 0 Å². The summed E-state index contributed by atoms with van der Waals surface area (Å²) in [5.41, 5.74) is 0. The van der Waals surface area contributed by atoms with E-state index in [1.54, 1.807) is 16.8 Å². The van der Waals surface area contributed by atoms with Crippen molar-refractivity contribution in [3.8, 4) is 0 Å². The first-order valence-corrected chi connectivity index (χ1v) is 6.74. The topological polar surface area (TPSA) is 49.9 Å². The molecule has 0 bridgehead atoms. The van der Waals surface area contributed by atoms with E-state index in [9.17, 15) is 9.59 Å². The van der Waals surface area contributed by atoms with Gasteiger partial charge in [0.05, 0.1) is 18.6 Å². The molecule has 0 aromatic rings. The van der Waals surface area contributed by atoms with E-state index in [0.717, 1.165) is 32.4 Å². The van der Waals surface area contributed by atoms with Gasteiger partial charge >= 0.3 is 0 Å². The van der Waals surface area contributed by atoms with Crippen LogP contribution in [0.3, 0.4) is 0 Å². The van der Waals surface area contributed by atoms with Gasteiger partial charge in [-0.1, -0.05) is 0 Å². The predicted molar refractivity (Wildman–Crippen MR) is 67.0 cm³/mol. The zero-order chi connectivity index (χ0) is 13.1. The van der Waals surface area contributed by atoms with E-state index in [-0.39, 0.29) is 30.4 Å². The summed E-state index contributed by atoms with van der Waals surface area (Å²) in [6, 6.07) is 0. The van der Waals surface area contributed by atoms with Crippen LogP contribution in [0.5, 0.6) is 0 Å². The maximum Gasteiger partial charge on any atom is 0.241 e. The summed E-state index contributed by atoms with van der Waals surface area (Å²) >= 11 is 0. The van der Waals surface area contributed by atoms with Gasteiger partial charge in [0.25, 0.3) is 0 Å². The fraction of sp³-hybridized carbons (Fsp3) is 0.846. The summed E-state index contributed by atoms with van der Waals surface area (Å²) in [7, 11) is 1.79. The van der Waals surface area contributed by atoms with Gasteiger partial charge in [-0.15, -0.1) is 0 Å². The van der Waals surface area contributed by atoms with Crippen molar-refractivity contribution in [2.75, 3.05) is 33.3 Å². The van der Waals surface area contributed by atoms with Crippen LogP contribution < -0.4 is 0 Å². The Morgan fingerprint density at radius 3 is 2.83 bits per heavy atom. The Kier molecular flexibility index (Phi) is 4.22. The third-order valence-electron chi connectivity index (χ3n) is 3.91. The number of amides is 2. The second-order valence-electron chi connectivity index (χ2n) is 5.25. The lowest BCUT2D eigenvalue weighted by Gasteiger charge is -2.32. The first-order chi connectivity index (χ1) is 8.59. The van der Waals surface area contributed by atoms with Crippen LogP contribution >= 0.6 is 0 Å². The van der Waals surface area contributed by atoms with E-state index in [4.69, 9.17) is 4.74 Å². The van der Waals surface area contributed by atoms with Crippen molar-refractivity contribution in [2.24, 2.45) is 5.92 Å². The molecule has 0 aromatic carbocycles. The average Bonchev–Trinajstić information content (AvgIpc) is 2.52. The summed E-state index contributed by atoms with van der Waals surface area (Å²) in [6.07, 6.45) is 2.64. The molecule has 2 fully saturated rings. The molecule has 2 amide bonds. The standard InChI is InChI=1S/C13H22N2O3/c1-10-11(5-3-8-18-10)13(17)15-7-4-6-14(2)12(16)9-15/h10-11H,3-9H2,1-2H3. The lowest BCUT2D eigenvalue weighted by atomic mass is 9.94.